The predicted molar refractivity (Wildman–Crippen MR) is 87.9 cm³/mol. The summed E-state index contributed by atoms with van der Waals surface area (Å²) in [4.78, 5) is 11.7. The summed E-state index contributed by atoms with van der Waals surface area (Å²) in [5.41, 5.74) is 0. The molecule has 1 amide bonds. The summed E-state index contributed by atoms with van der Waals surface area (Å²) in [7, 11) is -4.02. The van der Waals surface area contributed by atoms with Crippen LogP contribution in [0.1, 0.15) is 32.6 Å². The number of amides is 1. The van der Waals surface area contributed by atoms with Gasteiger partial charge in [0.15, 0.2) is 0 Å². The van der Waals surface area contributed by atoms with Crippen LogP contribution < -0.4 is 14.8 Å². The Balaban J connectivity index is 1.90. The molecule has 0 spiro atoms. The quantitative estimate of drug-likeness (QED) is 0.777. The van der Waals surface area contributed by atoms with Crippen LogP contribution >= 0.6 is 0 Å². The smallest absolute Gasteiger partial charge is 0.406 e. The molecular weight excluding hydrogens is 373 g/mol. The number of benzene rings is 1. The van der Waals surface area contributed by atoms with E-state index in [1.165, 1.54) is 0 Å². The third-order valence-corrected chi connectivity index (χ3v) is 5.67. The van der Waals surface area contributed by atoms with Crippen molar-refractivity contribution in [1.29, 1.82) is 0 Å². The maximum atomic E-state index is 12.1. The molecule has 2 unspecified atom stereocenters. The molecule has 0 aromatic heterocycles. The molecule has 0 radical (unpaired) electrons. The van der Waals surface area contributed by atoms with Gasteiger partial charge in [-0.25, -0.2) is 13.1 Å². The fourth-order valence-electron chi connectivity index (χ4n) is 2.85. The minimum absolute atomic E-state index is 0.0274. The molecule has 0 bridgehead atoms. The second-order valence-corrected chi connectivity index (χ2v) is 8.05. The highest BCUT2D eigenvalue weighted by Crippen LogP contribution is 2.24. The van der Waals surface area contributed by atoms with E-state index in [0.717, 1.165) is 49.9 Å². The zero-order valence-electron chi connectivity index (χ0n) is 14.2. The Labute approximate surface area is 150 Å². The first-order valence-corrected chi connectivity index (χ1v) is 9.70. The minimum atomic E-state index is -4.85. The van der Waals surface area contributed by atoms with E-state index in [1.54, 1.807) is 0 Å². The summed E-state index contributed by atoms with van der Waals surface area (Å²) in [5, 5.41) is 2.82. The molecule has 26 heavy (non-hydrogen) atoms. The zero-order chi connectivity index (χ0) is 19.4. The second-order valence-electron chi connectivity index (χ2n) is 6.28. The van der Waals surface area contributed by atoms with Gasteiger partial charge in [0.1, 0.15) is 5.75 Å². The van der Waals surface area contributed by atoms with Gasteiger partial charge in [-0.15, -0.1) is 13.2 Å². The van der Waals surface area contributed by atoms with Crippen LogP contribution in [-0.2, 0) is 14.8 Å². The van der Waals surface area contributed by atoms with Crippen molar-refractivity contribution >= 4 is 15.9 Å². The van der Waals surface area contributed by atoms with Crippen molar-refractivity contribution in [2.24, 2.45) is 5.92 Å². The lowest BCUT2D eigenvalue weighted by Gasteiger charge is -2.29. The average molecular weight is 394 g/mol. The Morgan fingerprint density at radius 3 is 2.38 bits per heavy atom. The Morgan fingerprint density at radius 1 is 1.19 bits per heavy atom. The summed E-state index contributed by atoms with van der Waals surface area (Å²) in [6, 6.07) is 3.77. The first-order chi connectivity index (χ1) is 12.1. The van der Waals surface area contributed by atoms with Crippen LogP contribution in [0.25, 0.3) is 0 Å². The molecule has 2 rings (SSSR count). The Hall–Kier alpha value is -1.81. The molecule has 1 aliphatic rings. The zero-order valence-corrected chi connectivity index (χ0v) is 15.0. The SMILES string of the molecule is CC1CCCCC1NC(=O)CNS(=O)(=O)c1ccc(OC(F)(F)F)cc1. The van der Waals surface area contributed by atoms with Crippen molar-refractivity contribution in [2.75, 3.05) is 6.54 Å². The third kappa shape index (κ3) is 6.17. The monoisotopic (exact) mass is 394 g/mol. The Kier molecular flexibility index (Phi) is 6.51. The molecule has 1 aliphatic carbocycles. The van der Waals surface area contributed by atoms with Gasteiger partial charge in [-0.05, 0) is 43.0 Å². The van der Waals surface area contributed by atoms with Crippen molar-refractivity contribution in [3.63, 3.8) is 0 Å². The number of hydrogen-bond donors (Lipinski definition) is 2. The molecule has 1 aromatic carbocycles. The molecule has 0 saturated heterocycles. The number of sulfonamides is 1. The number of rotatable bonds is 6. The molecule has 2 N–H and O–H groups in total. The standard InChI is InChI=1S/C16H21F3N2O4S/c1-11-4-2-3-5-14(11)21-15(22)10-20-26(23,24)13-8-6-12(7-9-13)25-16(17,18)19/h6-9,11,14,20H,2-5,10H2,1H3,(H,21,22). The van der Waals surface area contributed by atoms with E-state index in [1.807, 2.05) is 6.92 Å². The molecule has 1 fully saturated rings. The summed E-state index contributed by atoms with van der Waals surface area (Å²) >= 11 is 0. The number of halogens is 3. The van der Waals surface area contributed by atoms with Crippen molar-refractivity contribution in [3.8, 4) is 5.75 Å². The highest BCUT2D eigenvalue weighted by atomic mass is 32.2. The largest absolute Gasteiger partial charge is 0.573 e. The fraction of sp³-hybridized carbons (Fsp3) is 0.562. The molecule has 1 saturated carbocycles. The van der Waals surface area contributed by atoms with Crippen molar-refractivity contribution in [1.82, 2.24) is 10.0 Å². The van der Waals surface area contributed by atoms with Crippen molar-refractivity contribution < 1.29 is 31.1 Å². The van der Waals surface area contributed by atoms with Gasteiger partial charge in [0.2, 0.25) is 15.9 Å². The lowest BCUT2D eigenvalue weighted by Crippen LogP contribution is -2.45. The normalized spacial score (nSPS) is 21.2. The summed E-state index contributed by atoms with van der Waals surface area (Å²) < 4.78 is 66.4. The maximum Gasteiger partial charge on any atom is 0.573 e. The van der Waals surface area contributed by atoms with Crippen LogP contribution in [0.3, 0.4) is 0 Å². The van der Waals surface area contributed by atoms with Gasteiger partial charge in [0.05, 0.1) is 11.4 Å². The minimum Gasteiger partial charge on any atom is -0.406 e. The van der Waals surface area contributed by atoms with E-state index < -0.39 is 34.6 Å². The number of carbonyl (C=O) groups excluding carboxylic acids is 1. The van der Waals surface area contributed by atoms with Crippen LogP contribution in [0.4, 0.5) is 13.2 Å². The lowest BCUT2D eigenvalue weighted by atomic mass is 9.86. The van der Waals surface area contributed by atoms with Crippen molar-refractivity contribution in [2.45, 2.75) is 49.9 Å². The molecule has 10 heteroatoms. The van der Waals surface area contributed by atoms with Crippen molar-refractivity contribution in [3.05, 3.63) is 24.3 Å². The molecular formula is C16H21F3N2O4S. The van der Waals surface area contributed by atoms with Gasteiger partial charge in [0, 0.05) is 6.04 Å². The fourth-order valence-corrected chi connectivity index (χ4v) is 3.84. The van der Waals surface area contributed by atoms with E-state index in [0.29, 0.717) is 5.92 Å². The van der Waals surface area contributed by atoms with E-state index in [-0.39, 0.29) is 10.9 Å². The second kappa shape index (κ2) is 8.26. The molecule has 1 aromatic rings. The van der Waals surface area contributed by atoms with E-state index in [4.69, 9.17) is 0 Å². The molecule has 0 aliphatic heterocycles. The Morgan fingerprint density at radius 2 is 1.81 bits per heavy atom. The first kappa shape index (κ1) is 20.5. The van der Waals surface area contributed by atoms with E-state index in [2.05, 4.69) is 14.8 Å². The summed E-state index contributed by atoms with van der Waals surface area (Å²) in [6.07, 6.45) is -0.835. The third-order valence-electron chi connectivity index (χ3n) is 4.25. The number of hydrogen-bond acceptors (Lipinski definition) is 4. The molecule has 2 atom stereocenters. The van der Waals surface area contributed by atoms with Gasteiger partial charge in [-0.2, -0.15) is 0 Å². The molecule has 146 valence electrons. The van der Waals surface area contributed by atoms with E-state index >= 15 is 0 Å². The topological polar surface area (TPSA) is 84.5 Å². The summed E-state index contributed by atoms with van der Waals surface area (Å²) in [5.74, 6) is -0.629. The number of ether oxygens (including phenoxy) is 1. The average Bonchev–Trinajstić information content (AvgIpc) is 2.54. The highest BCUT2D eigenvalue weighted by Gasteiger charge is 2.31. The van der Waals surface area contributed by atoms with Crippen LogP contribution in [0.15, 0.2) is 29.2 Å². The van der Waals surface area contributed by atoms with Gasteiger partial charge in [-0.3, -0.25) is 4.79 Å². The van der Waals surface area contributed by atoms with Gasteiger partial charge in [-0.1, -0.05) is 19.8 Å². The summed E-state index contributed by atoms with van der Waals surface area (Å²) in [6.45, 7) is 1.60. The van der Waals surface area contributed by atoms with Crippen LogP contribution in [-0.4, -0.2) is 33.3 Å². The van der Waals surface area contributed by atoms with Gasteiger partial charge in [0.25, 0.3) is 0 Å². The van der Waals surface area contributed by atoms with Crippen LogP contribution in [0, 0.1) is 5.92 Å². The number of carbonyl (C=O) groups is 1. The van der Waals surface area contributed by atoms with Crippen LogP contribution in [0.5, 0.6) is 5.75 Å². The number of alkyl halides is 3. The lowest BCUT2D eigenvalue weighted by molar-refractivity contribution is -0.274. The Bertz CT molecular complexity index is 720. The number of nitrogens with one attached hydrogen (secondary N) is 2. The van der Waals surface area contributed by atoms with Crippen LogP contribution in [0.2, 0.25) is 0 Å². The molecule has 0 heterocycles. The highest BCUT2D eigenvalue weighted by molar-refractivity contribution is 7.89. The van der Waals surface area contributed by atoms with Gasteiger partial charge >= 0.3 is 6.36 Å². The maximum absolute atomic E-state index is 12.1. The first-order valence-electron chi connectivity index (χ1n) is 8.22. The van der Waals surface area contributed by atoms with E-state index in [9.17, 15) is 26.4 Å². The predicted octanol–water partition coefficient (Wildman–Crippen LogP) is 2.56. The van der Waals surface area contributed by atoms with Gasteiger partial charge < -0.3 is 10.1 Å². The molecule has 6 nitrogen and oxygen atoms in total.